The molecule has 0 saturated carbocycles. The molecular formula is C22H23NO4. The third-order valence-corrected chi connectivity index (χ3v) is 5.62. The first-order chi connectivity index (χ1) is 13.1. The quantitative estimate of drug-likeness (QED) is 0.778. The molecule has 0 aromatic heterocycles. The van der Waals surface area contributed by atoms with Gasteiger partial charge in [0, 0.05) is 25.3 Å². The van der Waals surface area contributed by atoms with Crippen LogP contribution in [0, 0.1) is 0 Å². The Bertz CT molecular complexity index is 806. The van der Waals surface area contributed by atoms with Gasteiger partial charge in [0.25, 0.3) is 0 Å². The second-order valence-corrected chi connectivity index (χ2v) is 7.30. The van der Waals surface area contributed by atoms with Crippen LogP contribution in [0.1, 0.15) is 40.0 Å². The minimum atomic E-state index is -0.292. The molecule has 0 radical (unpaired) electrons. The summed E-state index contributed by atoms with van der Waals surface area (Å²) in [5.41, 5.74) is 1.13. The standard InChI is InChI=1S/C22H23NO4/c1-23-17-12-18(26-21(24)15-8-4-2-5-9-15)14-19(23)20(13-17)27-22(25)16-10-6-3-7-11-16/h2-11,17-20H,12-14H2,1H3/t17-,18+,19+,20-/m1/s1. The number of ether oxygens (including phenoxy) is 2. The summed E-state index contributed by atoms with van der Waals surface area (Å²) in [4.78, 5) is 27.0. The molecule has 2 aromatic carbocycles. The van der Waals surface area contributed by atoms with Gasteiger partial charge in [-0.2, -0.15) is 0 Å². The molecule has 140 valence electrons. The fraction of sp³-hybridized carbons (Fsp3) is 0.364. The average Bonchev–Trinajstić information content (AvgIpc) is 2.87. The normalized spacial score (nSPS) is 27.1. The number of hydrogen-bond donors (Lipinski definition) is 0. The van der Waals surface area contributed by atoms with Gasteiger partial charge in [0.05, 0.1) is 17.2 Å². The maximum Gasteiger partial charge on any atom is 0.338 e. The lowest BCUT2D eigenvalue weighted by atomic mass is 10.00. The van der Waals surface area contributed by atoms with Crippen LogP contribution in [0.2, 0.25) is 0 Å². The van der Waals surface area contributed by atoms with E-state index in [-0.39, 0.29) is 36.2 Å². The maximum absolute atomic E-state index is 12.4. The number of carbonyl (C=O) groups excluding carboxylic acids is 2. The Labute approximate surface area is 158 Å². The van der Waals surface area contributed by atoms with E-state index in [0.717, 1.165) is 12.8 Å². The van der Waals surface area contributed by atoms with Crippen molar-refractivity contribution in [2.45, 2.75) is 43.6 Å². The first kappa shape index (κ1) is 17.7. The van der Waals surface area contributed by atoms with Gasteiger partial charge in [-0.25, -0.2) is 9.59 Å². The first-order valence-electron chi connectivity index (χ1n) is 9.36. The Morgan fingerprint density at radius 1 is 0.815 bits per heavy atom. The van der Waals surface area contributed by atoms with Crippen molar-refractivity contribution in [2.24, 2.45) is 0 Å². The van der Waals surface area contributed by atoms with Crippen molar-refractivity contribution in [3.63, 3.8) is 0 Å². The van der Waals surface area contributed by atoms with Crippen LogP contribution in [0.25, 0.3) is 0 Å². The monoisotopic (exact) mass is 365 g/mol. The van der Waals surface area contributed by atoms with Crippen LogP contribution in [0.15, 0.2) is 60.7 Å². The van der Waals surface area contributed by atoms with Gasteiger partial charge in [-0.05, 0) is 31.3 Å². The van der Waals surface area contributed by atoms with Gasteiger partial charge < -0.3 is 9.47 Å². The first-order valence-corrected chi connectivity index (χ1v) is 9.36. The highest BCUT2D eigenvalue weighted by molar-refractivity contribution is 5.90. The Morgan fingerprint density at radius 2 is 1.37 bits per heavy atom. The van der Waals surface area contributed by atoms with E-state index < -0.39 is 0 Å². The van der Waals surface area contributed by atoms with Crippen LogP contribution in [-0.4, -0.2) is 48.2 Å². The van der Waals surface area contributed by atoms with E-state index in [4.69, 9.17) is 9.47 Å². The predicted molar refractivity (Wildman–Crippen MR) is 100 cm³/mol. The van der Waals surface area contributed by atoms with Crippen molar-refractivity contribution < 1.29 is 19.1 Å². The zero-order valence-electron chi connectivity index (χ0n) is 15.3. The smallest absolute Gasteiger partial charge is 0.338 e. The fourth-order valence-electron chi connectivity index (χ4n) is 4.17. The molecule has 4 rings (SSSR count). The lowest BCUT2D eigenvalue weighted by Crippen LogP contribution is -2.46. The van der Waals surface area contributed by atoms with E-state index in [1.807, 2.05) is 36.4 Å². The summed E-state index contributed by atoms with van der Waals surface area (Å²) >= 11 is 0. The summed E-state index contributed by atoms with van der Waals surface area (Å²) < 4.78 is 11.5. The van der Waals surface area contributed by atoms with Crippen LogP contribution < -0.4 is 0 Å². The molecule has 5 heteroatoms. The number of rotatable bonds is 4. The summed E-state index contributed by atoms with van der Waals surface area (Å²) in [7, 11) is 2.06. The van der Waals surface area contributed by atoms with Crippen LogP contribution in [0.3, 0.4) is 0 Å². The molecule has 5 nitrogen and oxygen atoms in total. The van der Waals surface area contributed by atoms with Gasteiger partial charge in [0.1, 0.15) is 12.2 Å². The fourth-order valence-corrected chi connectivity index (χ4v) is 4.17. The number of carbonyl (C=O) groups is 2. The van der Waals surface area contributed by atoms with Crippen LogP contribution >= 0.6 is 0 Å². The van der Waals surface area contributed by atoms with Gasteiger partial charge >= 0.3 is 11.9 Å². The van der Waals surface area contributed by atoms with E-state index in [9.17, 15) is 9.59 Å². The highest BCUT2D eigenvalue weighted by Gasteiger charge is 2.47. The van der Waals surface area contributed by atoms with Crippen molar-refractivity contribution in [2.75, 3.05) is 7.05 Å². The van der Waals surface area contributed by atoms with E-state index in [1.54, 1.807) is 24.3 Å². The highest BCUT2D eigenvalue weighted by atomic mass is 16.6. The number of likely N-dealkylation sites (N-methyl/N-ethyl adjacent to an activating group) is 1. The third-order valence-electron chi connectivity index (χ3n) is 5.62. The molecule has 0 N–H and O–H groups in total. The number of piperidine rings is 1. The molecule has 2 aliphatic rings. The van der Waals surface area contributed by atoms with E-state index in [1.165, 1.54) is 0 Å². The lowest BCUT2D eigenvalue weighted by molar-refractivity contribution is -0.0152. The minimum absolute atomic E-state index is 0.0741. The van der Waals surface area contributed by atoms with E-state index >= 15 is 0 Å². The average molecular weight is 365 g/mol. The summed E-state index contributed by atoms with van der Waals surface area (Å²) in [6.45, 7) is 0. The van der Waals surface area contributed by atoms with Crippen LogP contribution in [0.5, 0.6) is 0 Å². The molecular weight excluding hydrogens is 342 g/mol. The second-order valence-electron chi connectivity index (χ2n) is 7.30. The zero-order valence-corrected chi connectivity index (χ0v) is 15.3. The Hall–Kier alpha value is -2.66. The highest BCUT2D eigenvalue weighted by Crippen LogP contribution is 2.38. The van der Waals surface area contributed by atoms with E-state index in [2.05, 4.69) is 11.9 Å². The van der Waals surface area contributed by atoms with Crippen molar-refractivity contribution in [1.29, 1.82) is 0 Å². The molecule has 0 unspecified atom stereocenters. The molecule has 2 bridgehead atoms. The van der Waals surface area contributed by atoms with Crippen molar-refractivity contribution in [3.8, 4) is 0 Å². The van der Waals surface area contributed by atoms with Crippen LogP contribution in [0.4, 0.5) is 0 Å². The van der Waals surface area contributed by atoms with Crippen LogP contribution in [-0.2, 0) is 9.47 Å². The molecule has 4 atom stereocenters. The number of esters is 2. The number of fused-ring (bicyclic) bond motifs is 2. The summed E-state index contributed by atoms with van der Waals surface area (Å²) in [5, 5.41) is 0. The lowest BCUT2D eigenvalue weighted by Gasteiger charge is -2.36. The zero-order chi connectivity index (χ0) is 18.8. The SMILES string of the molecule is CN1[C@@H]2C[C@H](OC(=O)c3ccccc3)C[C@H]1[C@H](OC(=O)c1ccccc1)C2. The topological polar surface area (TPSA) is 55.8 Å². The number of nitrogens with zero attached hydrogens (tertiary/aromatic N) is 1. The molecule has 0 amide bonds. The van der Waals surface area contributed by atoms with Gasteiger partial charge in [0.2, 0.25) is 0 Å². The van der Waals surface area contributed by atoms with Gasteiger partial charge in [-0.1, -0.05) is 36.4 Å². The van der Waals surface area contributed by atoms with Crippen molar-refractivity contribution >= 4 is 11.9 Å². The van der Waals surface area contributed by atoms with Gasteiger partial charge in [0.15, 0.2) is 0 Å². The largest absolute Gasteiger partial charge is 0.459 e. The number of hydrogen-bond acceptors (Lipinski definition) is 5. The molecule has 2 saturated heterocycles. The van der Waals surface area contributed by atoms with Crippen molar-refractivity contribution in [1.82, 2.24) is 4.90 Å². The third kappa shape index (κ3) is 3.74. The summed E-state index contributed by atoms with van der Waals surface area (Å²) in [6, 6.07) is 18.4. The molecule has 2 aliphatic heterocycles. The summed E-state index contributed by atoms with van der Waals surface area (Å²) in [5.74, 6) is -0.582. The Morgan fingerprint density at radius 3 is 1.96 bits per heavy atom. The molecule has 0 spiro atoms. The molecule has 2 aromatic rings. The van der Waals surface area contributed by atoms with Gasteiger partial charge in [-0.15, -0.1) is 0 Å². The van der Waals surface area contributed by atoms with Gasteiger partial charge in [-0.3, -0.25) is 4.90 Å². The van der Waals surface area contributed by atoms with Crippen molar-refractivity contribution in [3.05, 3.63) is 71.8 Å². The summed E-state index contributed by atoms with van der Waals surface area (Å²) in [6.07, 6.45) is 1.90. The minimum Gasteiger partial charge on any atom is -0.459 e. The Kier molecular flexibility index (Phi) is 4.94. The van der Waals surface area contributed by atoms with E-state index in [0.29, 0.717) is 17.5 Å². The maximum atomic E-state index is 12.4. The molecule has 0 aliphatic carbocycles. The number of benzene rings is 2. The molecule has 27 heavy (non-hydrogen) atoms. The predicted octanol–water partition coefficient (Wildman–Crippen LogP) is 3.30. The Balaban J connectivity index is 1.40. The molecule has 2 fully saturated rings. The second kappa shape index (κ2) is 7.53. The molecule has 2 heterocycles.